The SMILES string of the molecule is CC1(C)CNC(CC#N)C(=O)N(C2CCCC2)C1. The van der Waals surface area contributed by atoms with Gasteiger partial charge in [0.25, 0.3) is 0 Å². The van der Waals surface area contributed by atoms with E-state index < -0.39 is 0 Å². The molecule has 1 saturated heterocycles. The molecule has 0 aromatic heterocycles. The summed E-state index contributed by atoms with van der Waals surface area (Å²) in [5.41, 5.74) is 0.0858. The van der Waals surface area contributed by atoms with Crippen LogP contribution in [-0.2, 0) is 4.79 Å². The predicted octanol–water partition coefficient (Wildman–Crippen LogP) is 1.67. The van der Waals surface area contributed by atoms with Crippen LogP contribution in [0.15, 0.2) is 0 Å². The minimum Gasteiger partial charge on any atom is -0.338 e. The van der Waals surface area contributed by atoms with E-state index in [1.807, 2.05) is 0 Å². The molecule has 1 unspecified atom stereocenters. The van der Waals surface area contributed by atoms with Gasteiger partial charge in [0.05, 0.1) is 18.5 Å². The second-order valence-corrected chi connectivity index (χ2v) is 6.36. The molecule has 0 bridgehead atoms. The number of carbonyl (C=O) groups is 1. The van der Waals surface area contributed by atoms with Crippen LogP contribution >= 0.6 is 0 Å². The van der Waals surface area contributed by atoms with Crippen LogP contribution in [0.3, 0.4) is 0 Å². The molecule has 100 valence electrons. The van der Waals surface area contributed by atoms with Crippen molar-refractivity contribution in [1.29, 1.82) is 5.26 Å². The van der Waals surface area contributed by atoms with Crippen molar-refractivity contribution in [3.8, 4) is 6.07 Å². The molecular formula is C14H23N3O. The number of nitrogens with one attached hydrogen (secondary N) is 1. The maximum atomic E-state index is 12.5. The third-order valence-corrected chi connectivity index (χ3v) is 4.07. The zero-order valence-electron chi connectivity index (χ0n) is 11.4. The van der Waals surface area contributed by atoms with Gasteiger partial charge < -0.3 is 10.2 Å². The summed E-state index contributed by atoms with van der Waals surface area (Å²) in [5.74, 6) is 0.133. The molecule has 1 atom stereocenters. The lowest BCUT2D eigenvalue weighted by Crippen LogP contribution is -2.47. The molecule has 2 aliphatic rings. The van der Waals surface area contributed by atoms with Gasteiger partial charge in [0.2, 0.25) is 5.91 Å². The molecule has 4 heteroatoms. The highest BCUT2D eigenvalue weighted by atomic mass is 16.2. The first-order valence-corrected chi connectivity index (χ1v) is 6.94. The molecule has 2 fully saturated rings. The van der Waals surface area contributed by atoms with Gasteiger partial charge in [0, 0.05) is 19.1 Å². The van der Waals surface area contributed by atoms with Crippen molar-refractivity contribution < 1.29 is 4.79 Å². The van der Waals surface area contributed by atoms with Crippen LogP contribution in [-0.4, -0.2) is 36.0 Å². The molecule has 2 rings (SSSR count). The van der Waals surface area contributed by atoms with E-state index in [1.165, 1.54) is 12.8 Å². The van der Waals surface area contributed by atoms with E-state index in [1.54, 1.807) is 0 Å². The zero-order chi connectivity index (χ0) is 13.2. The van der Waals surface area contributed by atoms with Gasteiger partial charge in [0.1, 0.15) is 0 Å². The first-order valence-electron chi connectivity index (χ1n) is 6.94. The van der Waals surface area contributed by atoms with Crippen LogP contribution in [0.1, 0.15) is 46.0 Å². The Balaban J connectivity index is 2.17. The molecule has 1 aliphatic heterocycles. The second kappa shape index (κ2) is 5.27. The Morgan fingerprint density at radius 2 is 2.11 bits per heavy atom. The van der Waals surface area contributed by atoms with Crippen LogP contribution in [0.4, 0.5) is 0 Å². The summed E-state index contributed by atoms with van der Waals surface area (Å²) in [7, 11) is 0. The lowest BCUT2D eigenvalue weighted by atomic mass is 9.92. The van der Waals surface area contributed by atoms with Crippen molar-refractivity contribution in [1.82, 2.24) is 10.2 Å². The van der Waals surface area contributed by atoms with Crippen molar-refractivity contribution in [2.24, 2.45) is 5.41 Å². The Morgan fingerprint density at radius 1 is 1.44 bits per heavy atom. The molecule has 0 aromatic rings. The Labute approximate surface area is 109 Å². The minimum absolute atomic E-state index is 0.0858. The number of nitrogens with zero attached hydrogens (tertiary/aromatic N) is 2. The van der Waals surface area contributed by atoms with Crippen molar-refractivity contribution >= 4 is 5.91 Å². The number of hydrogen-bond acceptors (Lipinski definition) is 3. The second-order valence-electron chi connectivity index (χ2n) is 6.36. The lowest BCUT2D eigenvalue weighted by molar-refractivity contribution is -0.135. The molecule has 1 N–H and O–H groups in total. The lowest BCUT2D eigenvalue weighted by Gasteiger charge is -2.34. The molecule has 1 aliphatic carbocycles. The van der Waals surface area contributed by atoms with Gasteiger partial charge in [-0.15, -0.1) is 0 Å². The summed E-state index contributed by atoms with van der Waals surface area (Å²) in [5, 5.41) is 12.1. The van der Waals surface area contributed by atoms with Crippen molar-refractivity contribution in [2.45, 2.75) is 58.0 Å². The van der Waals surface area contributed by atoms with Crippen LogP contribution in [0.5, 0.6) is 0 Å². The van der Waals surface area contributed by atoms with Crippen LogP contribution < -0.4 is 5.32 Å². The van der Waals surface area contributed by atoms with Gasteiger partial charge in [-0.1, -0.05) is 26.7 Å². The molecular weight excluding hydrogens is 226 g/mol. The highest BCUT2D eigenvalue weighted by molar-refractivity contribution is 5.83. The summed E-state index contributed by atoms with van der Waals surface area (Å²) in [6.45, 7) is 5.98. The summed E-state index contributed by atoms with van der Waals surface area (Å²) >= 11 is 0. The van der Waals surface area contributed by atoms with E-state index in [4.69, 9.17) is 5.26 Å². The standard InChI is InChI=1S/C14H23N3O/c1-14(2)9-16-12(7-8-15)13(18)17(10-14)11-5-3-4-6-11/h11-12,16H,3-7,9-10H2,1-2H3. The first kappa shape index (κ1) is 13.4. The topological polar surface area (TPSA) is 56.1 Å². The van der Waals surface area contributed by atoms with Gasteiger partial charge in [0.15, 0.2) is 0 Å². The summed E-state index contributed by atoms with van der Waals surface area (Å²) in [6, 6.07) is 2.22. The van der Waals surface area contributed by atoms with E-state index in [9.17, 15) is 4.79 Å². The summed E-state index contributed by atoms with van der Waals surface area (Å²) in [6.07, 6.45) is 4.98. The number of rotatable bonds is 2. The van der Waals surface area contributed by atoms with Crippen LogP contribution in [0.2, 0.25) is 0 Å². The van der Waals surface area contributed by atoms with Crippen molar-refractivity contribution in [3.05, 3.63) is 0 Å². The van der Waals surface area contributed by atoms with Gasteiger partial charge in [-0.25, -0.2) is 0 Å². The molecule has 1 saturated carbocycles. The first-order chi connectivity index (χ1) is 8.53. The maximum Gasteiger partial charge on any atom is 0.241 e. The molecule has 1 amide bonds. The molecule has 4 nitrogen and oxygen atoms in total. The molecule has 1 heterocycles. The van der Waals surface area contributed by atoms with E-state index in [-0.39, 0.29) is 23.8 Å². The van der Waals surface area contributed by atoms with Gasteiger partial charge in [-0.05, 0) is 18.3 Å². The highest BCUT2D eigenvalue weighted by Gasteiger charge is 2.38. The highest BCUT2D eigenvalue weighted by Crippen LogP contribution is 2.29. The number of carbonyl (C=O) groups excluding carboxylic acids is 1. The maximum absolute atomic E-state index is 12.5. The van der Waals surface area contributed by atoms with Crippen molar-refractivity contribution in [2.75, 3.05) is 13.1 Å². The van der Waals surface area contributed by atoms with Crippen molar-refractivity contribution in [3.63, 3.8) is 0 Å². The number of amides is 1. The largest absolute Gasteiger partial charge is 0.338 e. The fourth-order valence-corrected chi connectivity index (χ4v) is 3.06. The van der Waals surface area contributed by atoms with Gasteiger partial charge >= 0.3 is 0 Å². The fraction of sp³-hybridized carbons (Fsp3) is 0.857. The third kappa shape index (κ3) is 2.84. The summed E-state index contributed by atoms with van der Waals surface area (Å²) in [4.78, 5) is 14.6. The third-order valence-electron chi connectivity index (χ3n) is 4.07. The average Bonchev–Trinajstić information content (AvgIpc) is 2.81. The van der Waals surface area contributed by atoms with E-state index in [2.05, 4.69) is 30.1 Å². The molecule has 18 heavy (non-hydrogen) atoms. The Kier molecular flexibility index (Phi) is 3.91. The van der Waals surface area contributed by atoms with Crippen LogP contribution in [0.25, 0.3) is 0 Å². The Bertz CT molecular complexity index is 353. The quantitative estimate of drug-likeness (QED) is 0.810. The Morgan fingerprint density at radius 3 is 2.72 bits per heavy atom. The predicted molar refractivity (Wildman–Crippen MR) is 69.8 cm³/mol. The van der Waals surface area contributed by atoms with E-state index in [0.717, 1.165) is 25.9 Å². The van der Waals surface area contributed by atoms with Gasteiger partial charge in [-0.2, -0.15) is 5.26 Å². The van der Waals surface area contributed by atoms with E-state index >= 15 is 0 Å². The average molecular weight is 249 g/mol. The van der Waals surface area contributed by atoms with E-state index in [0.29, 0.717) is 6.04 Å². The van der Waals surface area contributed by atoms with Gasteiger partial charge in [-0.3, -0.25) is 4.79 Å². The molecule has 0 aromatic carbocycles. The minimum atomic E-state index is -0.308. The van der Waals surface area contributed by atoms with Crippen LogP contribution in [0, 0.1) is 16.7 Å². The normalized spacial score (nSPS) is 29.1. The Hall–Kier alpha value is -1.08. The summed E-state index contributed by atoms with van der Waals surface area (Å²) < 4.78 is 0. The molecule has 0 spiro atoms. The molecule has 0 radical (unpaired) electrons. The zero-order valence-corrected chi connectivity index (χ0v) is 11.4. The monoisotopic (exact) mass is 249 g/mol. The smallest absolute Gasteiger partial charge is 0.241 e. The fourth-order valence-electron chi connectivity index (χ4n) is 3.06. The number of hydrogen-bond donors (Lipinski definition) is 1. The number of nitriles is 1.